The summed E-state index contributed by atoms with van der Waals surface area (Å²) in [6.45, 7) is 0.301. The van der Waals surface area contributed by atoms with E-state index in [4.69, 9.17) is 4.42 Å². The van der Waals surface area contributed by atoms with E-state index in [0.29, 0.717) is 29.5 Å². The van der Waals surface area contributed by atoms with Gasteiger partial charge in [0.25, 0.3) is 5.56 Å². The summed E-state index contributed by atoms with van der Waals surface area (Å²) in [6.07, 6.45) is 0.502. The standard InChI is InChI=1S/C27H23N3O4/c31-23(28-17-20-11-5-2-6-12-20)18-30-24-21-13-7-8-14-22(21)34-25(24)26(32)29(27(30)33)16-15-19-9-3-1-4-10-19/h1-14H,15-18H2,(H,28,31). The quantitative estimate of drug-likeness (QED) is 0.409. The van der Waals surface area contributed by atoms with E-state index >= 15 is 0 Å². The number of fused-ring (bicyclic) bond motifs is 3. The van der Waals surface area contributed by atoms with Gasteiger partial charge in [0.15, 0.2) is 0 Å². The molecule has 34 heavy (non-hydrogen) atoms. The summed E-state index contributed by atoms with van der Waals surface area (Å²) >= 11 is 0. The molecule has 0 spiro atoms. The summed E-state index contributed by atoms with van der Waals surface area (Å²) < 4.78 is 8.35. The van der Waals surface area contributed by atoms with Crippen LogP contribution in [-0.4, -0.2) is 15.0 Å². The number of nitrogens with one attached hydrogen (secondary N) is 1. The van der Waals surface area contributed by atoms with Crippen LogP contribution in [0.3, 0.4) is 0 Å². The Labute approximate surface area is 194 Å². The van der Waals surface area contributed by atoms with Gasteiger partial charge in [0.1, 0.15) is 17.6 Å². The Morgan fingerprint density at radius 3 is 2.18 bits per heavy atom. The molecular weight excluding hydrogens is 430 g/mol. The van der Waals surface area contributed by atoms with E-state index in [1.54, 1.807) is 18.2 Å². The maximum atomic E-state index is 13.5. The Kier molecular flexibility index (Phi) is 5.82. The van der Waals surface area contributed by atoms with Crippen molar-refractivity contribution in [3.63, 3.8) is 0 Å². The van der Waals surface area contributed by atoms with Crippen molar-refractivity contribution < 1.29 is 9.21 Å². The highest BCUT2D eigenvalue weighted by Crippen LogP contribution is 2.25. The molecule has 0 unspecified atom stereocenters. The molecule has 3 aromatic carbocycles. The fourth-order valence-corrected chi connectivity index (χ4v) is 4.12. The number of hydrogen-bond donors (Lipinski definition) is 1. The molecule has 1 N–H and O–H groups in total. The summed E-state index contributed by atoms with van der Waals surface area (Å²) in [5.41, 5.74) is 1.85. The van der Waals surface area contributed by atoms with Crippen LogP contribution in [0.2, 0.25) is 0 Å². The van der Waals surface area contributed by atoms with Crippen molar-refractivity contribution in [2.75, 3.05) is 0 Å². The van der Waals surface area contributed by atoms with Crippen LogP contribution in [0.5, 0.6) is 0 Å². The van der Waals surface area contributed by atoms with E-state index in [1.165, 1.54) is 4.57 Å². The van der Waals surface area contributed by atoms with Crippen LogP contribution in [0.25, 0.3) is 22.1 Å². The number of para-hydroxylation sites is 1. The summed E-state index contributed by atoms with van der Waals surface area (Å²) in [6, 6.07) is 26.3. The van der Waals surface area contributed by atoms with Crippen LogP contribution in [0.1, 0.15) is 11.1 Å². The lowest BCUT2D eigenvalue weighted by atomic mass is 10.1. The molecule has 0 fully saturated rings. The molecule has 7 heteroatoms. The predicted molar refractivity (Wildman–Crippen MR) is 131 cm³/mol. The van der Waals surface area contributed by atoms with Gasteiger partial charge in [-0.25, -0.2) is 4.79 Å². The van der Waals surface area contributed by atoms with Crippen molar-refractivity contribution in [1.82, 2.24) is 14.5 Å². The maximum absolute atomic E-state index is 13.5. The first-order chi connectivity index (χ1) is 16.6. The van der Waals surface area contributed by atoms with Gasteiger partial charge in [0, 0.05) is 18.5 Å². The highest BCUT2D eigenvalue weighted by atomic mass is 16.3. The number of aromatic nitrogens is 2. The second-order valence-corrected chi connectivity index (χ2v) is 8.10. The van der Waals surface area contributed by atoms with Crippen LogP contribution in [0.4, 0.5) is 0 Å². The second-order valence-electron chi connectivity index (χ2n) is 8.10. The van der Waals surface area contributed by atoms with E-state index < -0.39 is 11.2 Å². The second kappa shape index (κ2) is 9.23. The van der Waals surface area contributed by atoms with Crippen molar-refractivity contribution in [2.45, 2.75) is 26.1 Å². The SMILES string of the molecule is O=C(Cn1c(=O)n(CCc2ccccc2)c(=O)c2oc3ccccc3c21)NCc1ccccc1. The number of rotatable bonds is 7. The number of hydrogen-bond acceptors (Lipinski definition) is 4. The van der Waals surface area contributed by atoms with Gasteiger partial charge in [-0.3, -0.25) is 18.7 Å². The van der Waals surface area contributed by atoms with Crippen molar-refractivity contribution in [3.8, 4) is 0 Å². The molecule has 0 bridgehead atoms. The smallest absolute Gasteiger partial charge is 0.332 e. The third-order valence-electron chi connectivity index (χ3n) is 5.84. The number of benzene rings is 3. The molecule has 7 nitrogen and oxygen atoms in total. The molecule has 2 aromatic heterocycles. The average molecular weight is 453 g/mol. The number of furan rings is 1. The summed E-state index contributed by atoms with van der Waals surface area (Å²) in [5.74, 6) is -0.328. The molecule has 0 aliphatic carbocycles. The minimum atomic E-state index is -0.533. The Balaban J connectivity index is 1.54. The first-order valence-electron chi connectivity index (χ1n) is 11.1. The van der Waals surface area contributed by atoms with Crippen LogP contribution in [0.15, 0.2) is 98.9 Å². The zero-order valence-corrected chi connectivity index (χ0v) is 18.4. The van der Waals surface area contributed by atoms with E-state index in [1.807, 2.05) is 66.7 Å². The van der Waals surface area contributed by atoms with Crippen molar-refractivity contribution in [1.29, 1.82) is 0 Å². The summed E-state index contributed by atoms with van der Waals surface area (Å²) in [7, 11) is 0. The molecule has 0 saturated heterocycles. The Morgan fingerprint density at radius 1 is 0.794 bits per heavy atom. The lowest BCUT2D eigenvalue weighted by Gasteiger charge is -2.12. The van der Waals surface area contributed by atoms with Gasteiger partial charge in [-0.15, -0.1) is 0 Å². The van der Waals surface area contributed by atoms with Gasteiger partial charge in [-0.1, -0.05) is 72.8 Å². The molecule has 0 saturated carbocycles. The third kappa shape index (κ3) is 4.15. The van der Waals surface area contributed by atoms with Crippen LogP contribution < -0.4 is 16.6 Å². The molecule has 0 aliphatic rings. The Hall–Kier alpha value is -4.39. The van der Waals surface area contributed by atoms with Gasteiger partial charge in [0.05, 0.1) is 0 Å². The molecule has 0 aliphatic heterocycles. The van der Waals surface area contributed by atoms with Gasteiger partial charge in [0.2, 0.25) is 11.5 Å². The lowest BCUT2D eigenvalue weighted by molar-refractivity contribution is -0.121. The maximum Gasteiger partial charge on any atom is 0.332 e. The first kappa shape index (κ1) is 21.5. The Bertz CT molecular complexity index is 1580. The molecule has 1 amide bonds. The summed E-state index contributed by atoms with van der Waals surface area (Å²) in [5, 5.41) is 3.48. The minimum Gasteiger partial charge on any atom is -0.449 e. The van der Waals surface area contributed by atoms with Gasteiger partial charge in [-0.05, 0) is 29.7 Å². The van der Waals surface area contributed by atoms with Crippen LogP contribution >= 0.6 is 0 Å². The highest BCUT2D eigenvalue weighted by Gasteiger charge is 2.21. The third-order valence-corrected chi connectivity index (χ3v) is 5.84. The fraction of sp³-hybridized carbons (Fsp3) is 0.148. The largest absolute Gasteiger partial charge is 0.449 e. The van der Waals surface area contributed by atoms with Crippen LogP contribution in [-0.2, 0) is 30.8 Å². The highest BCUT2D eigenvalue weighted by molar-refractivity contribution is 6.02. The summed E-state index contributed by atoms with van der Waals surface area (Å²) in [4.78, 5) is 39.6. The van der Waals surface area contributed by atoms with Crippen molar-refractivity contribution in [3.05, 3.63) is 117 Å². The molecule has 0 atom stereocenters. The topological polar surface area (TPSA) is 86.2 Å². The van der Waals surface area contributed by atoms with E-state index in [2.05, 4.69) is 5.32 Å². The minimum absolute atomic E-state index is 0.0738. The first-order valence-corrected chi connectivity index (χ1v) is 11.1. The number of nitrogens with zero attached hydrogens (tertiary/aromatic N) is 2. The number of carbonyl (C=O) groups is 1. The van der Waals surface area contributed by atoms with Crippen LogP contribution in [0, 0.1) is 0 Å². The molecular formula is C27H23N3O4. The van der Waals surface area contributed by atoms with Crippen molar-refractivity contribution >= 4 is 28.0 Å². The average Bonchev–Trinajstić information content (AvgIpc) is 3.26. The van der Waals surface area contributed by atoms with Gasteiger partial charge < -0.3 is 9.73 Å². The zero-order chi connectivity index (χ0) is 23.5. The zero-order valence-electron chi connectivity index (χ0n) is 18.4. The predicted octanol–water partition coefficient (Wildman–Crippen LogP) is 3.47. The molecule has 5 aromatic rings. The van der Waals surface area contributed by atoms with E-state index in [-0.39, 0.29) is 24.6 Å². The van der Waals surface area contributed by atoms with Crippen molar-refractivity contribution in [2.24, 2.45) is 0 Å². The molecule has 0 radical (unpaired) electrons. The molecule has 2 heterocycles. The normalized spacial score (nSPS) is 11.2. The number of aryl methyl sites for hydroxylation is 1. The monoisotopic (exact) mass is 453 g/mol. The number of carbonyl (C=O) groups excluding carboxylic acids is 1. The van der Waals surface area contributed by atoms with Gasteiger partial charge in [-0.2, -0.15) is 0 Å². The Morgan fingerprint density at radius 2 is 1.44 bits per heavy atom. The van der Waals surface area contributed by atoms with E-state index in [0.717, 1.165) is 15.7 Å². The molecule has 5 rings (SSSR count). The fourth-order valence-electron chi connectivity index (χ4n) is 4.12. The van der Waals surface area contributed by atoms with E-state index in [9.17, 15) is 14.4 Å². The van der Waals surface area contributed by atoms with Gasteiger partial charge >= 0.3 is 5.69 Å². The lowest BCUT2D eigenvalue weighted by Crippen LogP contribution is -2.42. The number of amides is 1. The molecule has 170 valence electrons.